The summed E-state index contributed by atoms with van der Waals surface area (Å²) in [6.07, 6.45) is 2.00. The molecule has 1 saturated heterocycles. The first-order valence-electron chi connectivity index (χ1n) is 6.91. The van der Waals surface area contributed by atoms with E-state index >= 15 is 0 Å². The number of nitrogens with one attached hydrogen (secondary N) is 1. The Labute approximate surface area is 113 Å². The van der Waals surface area contributed by atoms with Crippen LogP contribution in [0.5, 0.6) is 5.75 Å². The first kappa shape index (κ1) is 14.3. The molecule has 1 aromatic carbocycles. The lowest BCUT2D eigenvalue weighted by molar-refractivity contribution is -0.0159. The van der Waals surface area contributed by atoms with Gasteiger partial charge in [0.15, 0.2) is 11.6 Å². The van der Waals surface area contributed by atoms with Gasteiger partial charge in [-0.3, -0.25) is 0 Å². The van der Waals surface area contributed by atoms with Crippen LogP contribution in [0.25, 0.3) is 0 Å². The van der Waals surface area contributed by atoms with Gasteiger partial charge in [0.05, 0.1) is 12.2 Å². The van der Waals surface area contributed by atoms with Gasteiger partial charge in [-0.2, -0.15) is 0 Å². The molecule has 2 N–H and O–H groups in total. The highest BCUT2D eigenvalue weighted by Crippen LogP contribution is 2.35. The van der Waals surface area contributed by atoms with Crippen molar-refractivity contribution in [1.82, 2.24) is 5.32 Å². The Bertz CT molecular complexity index is 428. The number of rotatable bonds is 4. The van der Waals surface area contributed by atoms with E-state index in [1.807, 2.05) is 6.92 Å². The van der Waals surface area contributed by atoms with E-state index in [0.29, 0.717) is 12.2 Å². The third kappa shape index (κ3) is 3.07. The molecule has 3 nitrogen and oxygen atoms in total. The lowest BCUT2D eigenvalue weighted by Gasteiger charge is -2.36. The van der Waals surface area contributed by atoms with Crippen molar-refractivity contribution in [1.29, 1.82) is 0 Å². The number of hydrogen-bond donors (Lipinski definition) is 2. The van der Waals surface area contributed by atoms with Gasteiger partial charge in [0.2, 0.25) is 0 Å². The molecule has 0 bridgehead atoms. The molecule has 1 aliphatic heterocycles. The Balaban J connectivity index is 2.21. The van der Waals surface area contributed by atoms with Gasteiger partial charge in [-0.1, -0.05) is 6.07 Å². The van der Waals surface area contributed by atoms with Crippen LogP contribution in [-0.4, -0.2) is 24.8 Å². The average Bonchev–Trinajstić information content (AvgIpc) is 2.42. The van der Waals surface area contributed by atoms with Gasteiger partial charge in [-0.15, -0.1) is 0 Å². The minimum Gasteiger partial charge on any atom is -0.491 e. The number of halogens is 1. The SMILES string of the molecule is CCOc1ccc(C(C)(O)C2CCCNC2)cc1F. The summed E-state index contributed by atoms with van der Waals surface area (Å²) in [5.41, 5.74) is -0.402. The van der Waals surface area contributed by atoms with Gasteiger partial charge in [0.1, 0.15) is 0 Å². The number of aliphatic hydroxyl groups is 1. The topological polar surface area (TPSA) is 41.5 Å². The largest absolute Gasteiger partial charge is 0.491 e. The van der Waals surface area contributed by atoms with Crippen molar-refractivity contribution in [3.63, 3.8) is 0 Å². The highest BCUT2D eigenvalue weighted by atomic mass is 19.1. The summed E-state index contributed by atoms with van der Waals surface area (Å²) in [5.74, 6) is -0.0641. The summed E-state index contributed by atoms with van der Waals surface area (Å²) < 4.78 is 19.1. The lowest BCUT2D eigenvalue weighted by Crippen LogP contribution is -2.42. The van der Waals surface area contributed by atoms with Crippen LogP contribution in [-0.2, 0) is 5.60 Å². The van der Waals surface area contributed by atoms with Gasteiger partial charge < -0.3 is 15.2 Å². The molecule has 1 fully saturated rings. The highest BCUT2D eigenvalue weighted by Gasteiger charge is 2.34. The molecule has 1 aromatic rings. The Morgan fingerprint density at radius 1 is 1.53 bits per heavy atom. The zero-order valence-electron chi connectivity index (χ0n) is 11.6. The smallest absolute Gasteiger partial charge is 0.165 e. The third-order valence-electron chi connectivity index (χ3n) is 3.91. The van der Waals surface area contributed by atoms with Crippen LogP contribution in [0.4, 0.5) is 4.39 Å². The summed E-state index contributed by atoms with van der Waals surface area (Å²) >= 11 is 0. The maximum Gasteiger partial charge on any atom is 0.165 e. The summed E-state index contributed by atoms with van der Waals surface area (Å²) in [5, 5.41) is 14.0. The van der Waals surface area contributed by atoms with E-state index in [0.717, 1.165) is 25.9 Å². The van der Waals surface area contributed by atoms with Crippen molar-refractivity contribution in [2.24, 2.45) is 5.92 Å². The van der Waals surface area contributed by atoms with Crippen molar-refractivity contribution in [3.05, 3.63) is 29.6 Å². The number of hydrogen-bond acceptors (Lipinski definition) is 3. The molecule has 0 aliphatic carbocycles. The van der Waals surface area contributed by atoms with Crippen molar-refractivity contribution in [2.45, 2.75) is 32.3 Å². The number of ether oxygens (including phenoxy) is 1. The van der Waals surface area contributed by atoms with Crippen LogP contribution in [0.3, 0.4) is 0 Å². The second-order valence-electron chi connectivity index (χ2n) is 5.27. The minimum atomic E-state index is -1.01. The highest BCUT2D eigenvalue weighted by molar-refractivity contribution is 5.32. The molecule has 2 rings (SSSR count). The zero-order valence-corrected chi connectivity index (χ0v) is 11.6. The van der Waals surface area contributed by atoms with Crippen molar-refractivity contribution >= 4 is 0 Å². The van der Waals surface area contributed by atoms with Crippen LogP contribution in [0.15, 0.2) is 18.2 Å². The average molecular weight is 267 g/mol. The number of piperidine rings is 1. The summed E-state index contributed by atoms with van der Waals surface area (Å²) in [7, 11) is 0. The Kier molecular flexibility index (Phi) is 4.42. The van der Waals surface area contributed by atoms with E-state index < -0.39 is 11.4 Å². The van der Waals surface area contributed by atoms with Crippen molar-refractivity contribution in [2.75, 3.05) is 19.7 Å². The van der Waals surface area contributed by atoms with E-state index in [2.05, 4.69) is 5.32 Å². The Morgan fingerprint density at radius 2 is 2.32 bits per heavy atom. The van der Waals surface area contributed by atoms with E-state index in [-0.39, 0.29) is 11.7 Å². The summed E-state index contributed by atoms with van der Waals surface area (Å²) in [6.45, 7) is 5.77. The summed E-state index contributed by atoms with van der Waals surface area (Å²) in [6, 6.07) is 4.74. The zero-order chi connectivity index (χ0) is 13.9. The quantitative estimate of drug-likeness (QED) is 0.880. The molecule has 2 unspecified atom stereocenters. The molecule has 0 saturated carbocycles. The van der Waals surface area contributed by atoms with Gasteiger partial charge in [0, 0.05) is 12.5 Å². The normalized spacial score (nSPS) is 22.8. The fraction of sp³-hybridized carbons (Fsp3) is 0.600. The standard InChI is InChI=1S/C15H22FNO2/c1-3-19-14-7-6-11(9-13(14)16)15(2,18)12-5-4-8-17-10-12/h6-7,9,12,17-18H,3-5,8,10H2,1-2H3. The molecule has 106 valence electrons. The molecule has 1 heterocycles. The van der Waals surface area contributed by atoms with Gasteiger partial charge in [-0.05, 0) is 50.9 Å². The van der Waals surface area contributed by atoms with Crippen molar-refractivity contribution < 1.29 is 14.2 Å². The molecule has 1 aliphatic rings. The molecular weight excluding hydrogens is 245 g/mol. The first-order chi connectivity index (χ1) is 9.05. The van der Waals surface area contributed by atoms with Crippen LogP contribution in [0.2, 0.25) is 0 Å². The monoisotopic (exact) mass is 267 g/mol. The molecule has 2 atom stereocenters. The molecule has 0 radical (unpaired) electrons. The van der Waals surface area contributed by atoms with E-state index in [9.17, 15) is 9.50 Å². The fourth-order valence-electron chi connectivity index (χ4n) is 2.66. The Hall–Kier alpha value is -1.13. The predicted octanol–water partition coefficient (Wildman–Crippen LogP) is 2.43. The van der Waals surface area contributed by atoms with E-state index in [1.54, 1.807) is 19.1 Å². The molecule has 4 heteroatoms. The van der Waals surface area contributed by atoms with Gasteiger partial charge in [-0.25, -0.2) is 4.39 Å². The lowest BCUT2D eigenvalue weighted by atomic mass is 9.79. The van der Waals surface area contributed by atoms with Crippen molar-refractivity contribution in [3.8, 4) is 5.75 Å². The fourth-order valence-corrected chi connectivity index (χ4v) is 2.66. The van der Waals surface area contributed by atoms with Gasteiger partial charge >= 0.3 is 0 Å². The second kappa shape index (κ2) is 5.88. The third-order valence-corrected chi connectivity index (χ3v) is 3.91. The molecular formula is C15H22FNO2. The summed E-state index contributed by atoms with van der Waals surface area (Å²) in [4.78, 5) is 0. The minimum absolute atomic E-state index is 0.110. The van der Waals surface area contributed by atoms with Crippen LogP contribution in [0, 0.1) is 11.7 Å². The molecule has 19 heavy (non-hydrogen) atoms. The van der Waals surface area contributed by atoms with E-state index in [1.165, 1.54) is 6.07 Å². The molecule has 0 aromatic heterocycles. The van der Waals surface area contributed by atoms with Crippen LogP contribution >= 0.6 is 0 Å². The molecule has 0 spiro atoms. The maximum absolute atomic E-state index is 13.9. The second-order valence-corrected chi connectivity index (χ2v) is 5.27. The first-order valence-corrected chi connectivity index (χ1v) is 6.91. The van der Waals surface area contributed by atoms with Crippen LogP contribution < -0.4 is 10.1 Å². The van der Waals surface area contributed by atoms with E-state index in [4.69, 9.17) is 4.74 Å². The van der Waals surface area contributed by atoms with Crippen LogP contribution in [0.1, 0.15) is 32.3 Å². The van der Waals surface area contributed by atoms with Gasteiger partial charge in [0.25, 0.3) is 0 Å². The Morgan fingerprint density at radius 3 is 2.89 bits per heavy atom. The maximum atomic E-state index is 13.9. The number of benzene rings is 1. The predicted molar refractivity (Wildman–Crippen MR) is 72.7 cm³/mol. The molecule has 0 amide bonds.